The molecule has 0 aliphatic heterocycles. The summed E-state index contributed by atoms with van der Waals surface area (Å²) >= 11 is 8.96. The van der Waals surface area contributed by atoms with Gasteiger partial charge in [0.15, 0.2) is 0 Å². The first-order valence-electron chi connectivity index (χ1n) is 5.33. The molecular formula is C11H14BrClN2O3S. The molecule has 0 aliphatic carbocycles. The van der Waals surface area contributed by atoms with E-state index in [9.17, 15) is 13.2 Å². The van der Waals surface area contributed by atoms with E-state index in [4.69, 9.17) is 11.6 Å². The predicted octanol–water partition coefficient (Wildman–Crippen LogP) is 1.86. The minimum absolute atomic E-state index is 0.0437. The Morgan fingerprint density at radius 1 is 1.42 bits per heavy atom. The zero-order valence-corrected chi connectivity index (χ0v) is 13.8. The second kappa shape index (κ2) is 6.21. The third kappa shape index (κ3) is 4.17. The first-order valence-corrected chi connectivity index (χ1v) is 7.99. The summed E-state index contributed by atoms with van der Waals surface area (Å²) in [5.41, 5.74) is 0. The highest BCUT2D eigenvalue weighted by Gasteiger charge is 2.23. The normalized spacial score (nSPS) is 13.1. The van der Waals surface area contributed by atoms with Crippen LogP contribution >= 0.6 is 27.5 Å². The van der Waals surface area contributed by atoms with Crippen molar-refractivity contribution in [3.05, 3.63) is 27.7 Å². The molecule has 0 saturated heterocycles. The molecule has 0 aliphatic rings. The zero-order valence-electron chi connectivity index (χ0n) is 10.6. The Bertz CT molecular complexity index is 590. The predicted molar refractivity (Wildman–Crippen MR) is 77.6 cm³/mol. The molecule has 0 heterocycles. The molecule has 0 aromatic heterocycles. The van der Waals surface area contributed by atoms with Crippen LogP contribution in [0.25, 0.3) is 0 Å². The zero-order chi connectivity index (χ0) is 14.8. The van der Waals surface area contributed by atoms with Crippen molar-refractivity contribution in [2.75, 3.05) is 14.1 Å². The van der Waals surface area contributed by atoms with Gasteiger partial charge in [-0.2, -0.15) is 4.72 Å². The van der Waals surface area contributed by atoms with E-state index < -0.39 is 16.1 Å². The standard InChI is InChI=1S/C11H14BrClN2O3S/c1-7(11(16)15(2)3)14-19(17,18)8-4-5-10(13)9(12)6-8/h4-7,14H,1-3H3. The van der Waals surface area contributed by atoms with Gasteiger partial charge in [-0.15, -0.1) is 0 Å². The van der Waals surface area contributed by atoms with Gasteiger partial charge < -0.3 is 4.90 Å². The number of likely N-dealkylation sites (N-methyl/N-ethyl adjacent to an activating group) is 1. The van der Waals surface area contributed by atoms with Crippen LogP contribution < -0.4 is 4.72 Å². The lowest BCUT2D eigenvalue weighted by atomic mass is 10.3. The molecule has 0 radical (unpaired) electrons. The number of carbonyl (C=O) groups excluding carboxylic acids is 1. The average Bonchev–Trinajstić information content (AvgIpc) is 2.30. The topological polar surface area (TPSA) is 66.5 Å². The van der Waals surface area contributed by atoms with E-state index in [-0.39, 0.29) is 10.8 Å². The molecule has 5 nitrogen and oxygen atoms in total. The van der Waals surface area contributed by atoms with Crippen LogP contribution in [0.5, 0.6) is 0 Å². The number of carbonyl (C=O) groups is 1. The quantitative estimate of drug-likeness (QED) is 0.881. The lowest BCUT2D eigenvalue weighted by Gasteiger charge is -2.18. The van der Waals surface area contributed by atoms with Crippen molar-refractivity contribution in [3.8, 4) is 0 Å². The Morgan fingerprint density at radius 2 is 2.00 bits per heavy atom. The molecule has 1 aromatic carbocycles. The first-order chi connectivity index (χ1) is 8.65. The van der Waals surface area contributed by atoms with Crippen LogP contribution in [0.3, 0.4) is 0 Å². The summed E-state index contributed by atoms with van der Waals surface area (Å²) in [4.78, 5) is 13.0. The molecule has 19 heavy (non-hydrogen) atoms. The van der Waals surface area contributed by atoms with Crippen molar-refractivity contribution < 1.29 is 13.2 Å². The molecule has 1 N–H and O–H groups in total. The number of nitrogens with zero attached hydrogens (tertiary/aromatic N) is 1. The van der Waals surface area contributed by atoms with E-state index in [1.165, 1.54) is 30.0 Å². The van der Waals surface area contributed by atoms with Crippen LogP contribution in [-0.4, -0.2) is 39.4 Å². The maximum atomic E-state index is 12.1. The fourth-order valence-corrected chi connectivity index (χ4v) is 3.25. The summed E-state index contributed by atoms with van der Waals surface area (Å²) in [6.07, 6.45) is 0. The SMILES string of the molecule is CC(NS(=O)(=O)c1ccc(Cl)c(Br)c1)C(=O)N(C)C. The number of sulfonamides is 1. The van der Waals surface area contributed by atoms with E-state index in [0.29, 0.717) is 9.50 Å². The van der Waals surface area contributed by atoms with Crippen molar-refractivity contribution in [1.29, 1.82) is 0 Å². The average molecular weight is 370 g/mol. The maximum absolute atomic E-state index is 12.1. The number of hydrogen-bond donors (Lipinski definition) is 1. The molecule has 1 atom stereocenters. The van der Waals surface area contributed by atoms with Gasteiger partial charge >= 0.3 is 0 Å². The fourth-order valence-electron chi connectivity index (χ4n) is 1.38. The van der Waals surface area contributed by atoms with Crippen molar-refractivity contribution in [2.45, 2.75) is 17.9 Å². The van der Waals surface area contributed by atoms with Crippen LogP contribution in [0.2, 0.25) is 5.02 Å². The van der Waals surface area contributed by atoms with E-state index in [1.807, 2.05) is 0 Å². The van der Waals surface area contributed by atoms with Crippen molar-refractivity contribution in [1.82, 2.24) is 9.62 Å². The van der Waals surface area contributed by atoms with Gasteiger partial charge in [0.25, 0.3) is 0 Å². The molecule has 1 aromatic rings. The van der Waals surface area contributed by atoms with E-state index in [0.717, 1.165) is 0 Å². The number of nitrogens with one attached hydrogen (secondary N) is 1. The number of rotatable bonds is 4. The summed E-state index contributed by atoms with van der Waals surface area (Å²) in [7, 11) is -0.640. The lowest BCUT2D eigenvalue weighted by molar-refractivity contribution is -0.130. The number of amides is 1. The molecule has 8 heteroatoms. The summed E-state index contributed by atoms with van der Waals surface area (Å²) in [5, 5.41) is 0.413. The molecule has 1 rings (SSSR count). The summed E-state index contributed by atoms with van der Waals surface area (Å²) in [6, 6.07) is 3.40. The first kappa shape index (κ1) is 16.4. The second-order valence-electron chi connectivity index (χ2n) is 4.15. The molecule has 0 bridgehead atoms. The molecule has 0 spiro atoms. The van der Waals surface area contributed by atoms with Crippen molar-refractivity contribution in [3.63, 3.8) is 0 Å². The minimum Gasteiger partial charge on any atom is -0.347 e. The fraction of sp³-hybridized carbons (Fsp3) is 0.364. The third-order valence-electron chi connectivity index (χ3n) is 2.34. The largest absolute Gasteiger partial charge is 0.347 e. The molecular weight excluding hydrogens is 356 g/mol. The van der Waals surface area contributed by atoms with Gasteiger partial charge in [0, 0.05) is 18.6 Å². The van der Waals surface area contributed by atoms with Gasteiger partial charge in [-0.1, -0.05) is 11.6 Å². The summed E-state index contributed by atoms with van der Waals surface area (Å²) in [6.45, 7) is 1.49. The van der Waals surface area contributed by atoms with Gasteiger partial charge in [0.05, 0.1) is 16.0 Å². The van der Waals surface area contributed by atoms with Gasteiger partial charge in [-0.3, -0.25) is 4.79 Å². The van der Waals surface area contributed by atoms with Gasteiger partial charge in [-0.05, 0) is 41.1 Å². The van der Waals surface area contributed by atoms with Crippen LogP contribution in [0.1, 0.15) is 6.92 Å². The highest BCUT2D eigenvalue weighted by Crippen LogP contribution is 2.25. The molecule has 1 amide bonds. The van der Waals surface area contributed by atoms with Gasteiger partial charge in [0.2, 0.25) is 15.9 Å². The second-order valence-corrected chi connectivity index (χ2v) is 7.13. The van der Waals surface area contributed by atoms with Crippen molar-refractivity contribution in [2.24, 2.45) is 0 Å². The van der Waals surface area contributed by atoms with E-state index in [2.05, 4.69) is 20.7 Å². The number of benzene rings is 1. The summed E-state index contributed by atoms with van der Waals surface area (Å²) < 4.78 is 27.0. The molecule has 0 saturated carbocycles. The van der Waals surface area contributed by atoms with Crippen LogP contribution in [-0.2, 0) is 14.8 Å². The lowest BCUT2D eigenvalue weighted by Crippen LogP contribution is -2.44. The minimum atomic E-state index is -3.76. The third-order valence-corrected chi connectivity index (χ3v) is 5.10. The monoisotopic (exact) mass is 368 g/mol. The van der Waals surface area contributed by atoms with E-state index >= 15 is 0 Å². The van der Waals surface area contributed by atoms with Gasteiger partial charge in [-0.25, -0.2) is 8.42 Å². The van der Waals surface area contributed by atoms with E-state index in [1.54, 1.807) is 14.1 Å². The highest BCUT2D eigenvalue weighted by molar-refractivity contribution is 9.10. The Kier molecular flexibility index (Phi) is 5.37. The molecule has 1 unspecified atom stereocenters. The molecule has 0 fully saturated rings. The number of halogens is 2. The number of hydrogen-bond acceptors (Lipinski definition) is 3. The Balaban J connectivity index is 2.99. The maximum Gasteiger partial charge on any atom is 0.241 e. The molecule has 106 valence electrons. The van der Waals surface area contributed by atoms with Crippen LogP contribution in [0.4, 0.5) is 0 Å². The summed E-state index contributed by atoms with van der Waals surface area (Å²) in [5.74, 6) is -0.323. The Hall–Kier alpha value is -0.630. The smallest absolute Gasteiger partial charge is 0.241 e. The van der Waals surface area contributed by atoms with Gasteiger partial charge in [0.1, 0.15) is 0 Å². The Labute approximate surface area is 126 Å². The highest BCUT2D eigenvalue weighted by atomic mass is 79.9. The van der Waals surface area contributed by atoms with Crippen molar-refractivity contribution >= 4 is 43.5 Å². The van der Waals surface area contributed by atoms with Crippen LogP contribution in [0, 0.1) is 0 Å². The Morgan fingerprint density at radius 3 is 2.47 bits per heavy atom. The van der Waals surface area contributed by atoms with Crippen LogP contribution in [0.15, 0.2) is 27.6 Å².